The van der Waals surface area contributed by atoms with Gasteiger partial charge in [0.15, 0.2) is 0 Å². The summed E-state index contributed by atoms with van der Waals surface area (Å²) in [5, 5.41) is 11.9. The van der Waals surface area contributed by atoms with E-state index < -0.39 is 5.60 Å². The van der Waals surface area contributed by atoms with Gasteiger partial charge in [0.25, 0.3) is 0 Å². The molecule has 0 radical (unpaired) electrons. The Morgan fingerprint density at radius 2 is 1.83 bits per heavy atom. The van der Waals surface area contributed by atoms with Gasteiger partial charge in [0.05, 0.1) is 5.60 Å². The molecule has 2 fully saturated rings. The summed E-state index contributed by atoms with van der Waals surface area (Å²) in [6, 6.07) is 17.0. The Hall–Kier alpha value is -1.84. The van der Waals surface area contributed by atoms with Crippen LogP contribution in [0.15, 0.2) is 48.5 Å². The molecule has 0 bridgehead atoms. The monoisotopic (exact) mass is 405 g/mol. The molecule has 3 aliphatic rings. The summed E-state index contributed by atoms with van der Waals surface area (Å²) in [4.78, 5) is 0. The maximum absolute atomic E-state index is 11.9. The van der Waals surface area contributed by atoms with Crippen molar-refractivity contribution in [2.45, 2.75) is 87.9 Å². The van der Waals surface area contributed by atoms with E-state index in [0.717, 1.165) is 56.6 Å². The van der Waals surface area contributed by atoms with Crippen LogP contribution in [-0.2, 0) is 18.4 Å². The maximum atomic E-state index is 11.9. The van der Waals surface area contributed by atoms with Gasteiger partial charge in [0.2, 0.25) is 0 Å². The molecule has 0 aromatic heterocycles. The number of benzene rings is 2. The minimum atomic E-state index is -0.628. The second kappa shape index (κ2) is 8.01. The van der Waals surface area contributed by atoms with Gasteiger partial charge in [-0.2, -0.15) is 0 Å². The molecule has 3 aliphatic carbocycles. The van der Waals surface area contributed by atoms with Crippen molar-refractivity contribution in [1.82, 2.24) is 0 Å². The average Bonchev–Trinajstić information content (AvgIpc) is 3.57. The van der Waals surface area contributed by atoms with E-state index in [0.29, 0.717) is 6.61 Å². The highest BCUT2D eigenvalue weighted by Crippen LogP contribution is 2.56. The molecule has 0 spiro atoms. The molecule has 3 N–H and O–H groups in total. The lowest BCUT2D eigenvalue weighted by atomic mass is 9.52. The van der Waals surface area contributed by atoms with Crippen LogP contribution >= 0.6 is 0 Å². The molecule has 30 heavy (non-hydrogen) atoms. The number of hydrogen-bond acceptors (Lipinski definition) is 3. The zero-order chi connectivity index (χ0) is 20.6. The molecule has 2 saturated carbocycles. The largest absolute Gasteiger partial charge is 0.489 e. The second-order valence-electron chi connectivity index (χ2n) is 10.1. The van der Waals surface area contributed by atoms with Gasteiger partial charge in [-0.05, 0) is 73.3 Å². The molecule has 3 heteroatoms. The highest BCUT2D eigenvalue weighted by Gasteiger charge is 2.55. The first-order valence-corrected chi connectivity index (χ1v) is 11.9. The van der Waals surface area contributed by atoms with Crippen molar-refractivity contribution in [3.63, 3.8) is 0 Å². The van der Waals surface area contributed by atoms with Crippen molar-refractivity contribution in [1.29, 1.82) is 0 Å². The van der Waals surface area contributed by atoms with Gasteiger partial charge < -0.3 is 15.6 Å². The van der Waals surface area contributed by atoms with E-state index in [-0.39, 0.29) is 11.5 Å². The van der Waals surface area contributed by atoms with Crippen LogP contribution < -0.4 is 10.5 Å². The molecular formula is C27H35NO2. The molecule has 160 valence electrons. The molecule has 3 nitrogen and oxygen atoms in total. The second-order valence-corrected chi connectivity index (χ2v) is 10.1. The third-order valence-corrected chi connectivity index (χ3v) is 7.93. The molecule has 3 unspecified atom stereocenters. The fourth-order valence-electron chi connectivity index (χ4n) is 6.17. The first kappa shape index (κ1) is 20.1. The molecule has 3 atom stereocenters. The molecule has 2 aromatic rings. The van der Waals surface area contributed by atoms with Crippen LogP contribution in [0.2, 0.25) is 0 Å². The van der Waals surface area contributed by atoms with Crippen molar-refractivity contribution in [3.05, 3.63) is 65.2 Å². The van der Waals surface area contributed by atoms with E-state index in [1.165, 1.54) is 36.0 Å². The fraction of sp³-hybridized carbons (Fsp3) is 0.556. The molecule has 5 rings (SSSR count). The Morgan fingerprint density at radius 3 is 2.63 bits per heavy atom. The SMILES string of the molecule is NC(CC1CC1)CC12CCCCC1(O)CCc1ccc(OCc3ccccc3)cc12. The smallest absolute Gasteiger partial charge is 0.120 e. The van der Waals surface area contributed by atoms with Crippen LogP contribution in [-0.4, -0.2) is 16.7 Å². The Kier molecular flexibility index (Phi) is 5.37. The minimum absolute atomic E-state index is 0.168. The standard InChI is InChI=1S/C27H35NO2/c28-23(16-20-8-9-20)18-26-13-4-5-14-27(26,29)15-12-22-10-11-24(17-25(22)26)30-19-21-6-2-1-3-7-21/h1-3,6-7,10-11,17,20,23,29H,4-5,8-9,12-16,18-19,28H2. The minimum Gasteiger partial charge on any atom is -0.489 e. The van der Waals surface area contributed by atoms with Gasteiger partial charge >= 0.3 is 0 Å². The van der Waals surface area contributed by atoms with Gasteiger partial charge in [-0.25, -0.2) is 0 Å². The lowest BCUT2D eigenvalue weighted by Gasteiger charge is -2.55. The van der Waals surface area contributed by atoms with Crippen molar-refractivity contribution >= 4 is 0 Å². The Morgan fingerprint density at radius 1 is 1.03 bits per heavy atom. The van der Waals surface area contributed by atoms with Gasteiger partial charge in [-0.3, -0.25) is 0 Å². The summed E-state index contributed by atoms with van der Waals surface area (Å²) in [6.45, 7) is 0.568. The molecule has 0 saturated heterocycles. The Labute approximate surface area is 180 Å². The summed E-state index contributed by atoms with van der Waals surface area (Å²) in [5.74, 6) is 1.72. The van der Waals surface area contributed by atoms with Gasteiger partial charge in [0.1, 0.15) is 12.4 Å². The van der Waals surface area contributed by atoms with Gasteiger partial charge in [-0.15, -0.1) is 0 Å². The van der Waals surface area contributed by atoms with Crippen LogP contribution in [0, 0.1) is 5.92 Å². The van der Waals surface area contributed by atoms with Crippen LogP contribution in [0.5, 0.6) is 5.75 Å². The van der Waals surface area contributed by atoms with Crippen LogP contribution in [0.4, 0.5) is 0 Å². The number of aliphatic hydroxyl groups is 1. The Bertz CT molecular complexity index is 878. The summed E-state index contributed by atoms with van der Waals surface area (Å²) >= 11 is 0. The van der Waals surface area contributed by atoms with Gasteiger partial charge in [-0.1, -0.05) is 62.1 Å². The van der Waals surface area contributed by atoms with Crippen molar-refractivity contribution in [3.8, 4) is 5.75 Å². The summed E-state index contributed by atoms with van der Waals surface area (Å²) in [7, 11) is 0. The van der Waals surface area contributed by atoms with Crippen molar-refractivity contribution in [2.75, 3.05) is 0 Å². The topological polar surface area (TPSA) is 55.5 Å². The number of ether oxygens (including phenoxy) is 1. The van der Waals surface area contributed by atoms with E-state index in [9.17, 15) is 5.11 Å². The summed E-state index contributed by atoms with van der Waals surface area (Å²) in [6.07, 6.45) is 10.7. The average molecular weight is 406 g/mol. The van der Waals surface area contributed by atoms with Gasteiger partial charge in [0, 0.05) is 11.5 Å². The summed E-state index contributed by atoms with van der Waals surface area (Å²) < 4.78 is 6.18. The van der Waals surface area contributed by atoms with E-state index in [4.69, 9.17) is 10.5 Å². The molecule has 0 amide bonds. The maximum Gasteiger partial charge on any atom is 0.120 e. The van der Waals surface area contributed by atoms with Crippen molar-refractivity contribution < 1.29 is 9.84 Å². The number of hydrogen-bond donors (Lipinski definition) is 2. The first-order valence-electron chi connectivity index (χ1n) is 11.9. The van der Waals surface area contributed by atoms with E-state index in [1.807, 2.05) is 18.2 Å². The zero-order valence-corrected chi connectivity index (χ0v) is 18.0. The summed E-state index contributed by atoms with van der Waals surface area (Å²) in [5.41, 5.74) is 9.71. The normalized spacial score (nSPS) is 29.0. The third kappa shape index (κ3) is 3.78. The highest BCUT2D eigenvalue weighted by atomic mass is 16.5. The van der Waals surface area contributed by atoms with Crippen molar-refractivity contribution in [2.24, 2.45) is 11.7 Å². The number of fused-ring (bicyclic) bond motifs is 3. The predicted octanol–water partition coefficient (Wildman–Crippen LogP) is 5.27. The molecule has 0 heterocycles. The van der Waals surface area contributed by atoms with E-state index in [2.05, 4.69) is 30.3 Å². The number of aryl methyl sites for hydroxylation is 1. The van der Waals surface area contributed by atoms with Crippen LogP contribution in [0.25, 0.3) is 0 Å². The highest BCUT2D eigenvalue weighted by molar-refractivity contribution is 5.46. The van der Waals surface area contributed by atoms with Crippen LogP contribution in [0.1, 0.15) is 74.5 Å². The lowest BCUT2D eigenvalue weighted by molar-refractivity contribution is -0.0897. The number of rotatable bonds is 7. The van der Waals surface area contributed by atoms with Crippen LogP contribution in [0.3, 0.4) is 0 Å². The Balaban J connectivity index is 1.45. The third-order valence-electron chi connectivity index (χ3n) is 7.93. The first-order chi connectivity index (χ1) is 14.6. The number of nitrogens with two attached hydrogens (primary N) is 1. The lowest BCUT2D eigenvalue weighted by Crippen LogP contribution is -2.58. The van der Waals surface area contributed by atoms with E-state index in [1.54, 1.807) is 0 Å². The quantitative estimate of drug-likeness (QED) is 0.659. The van der Waals surface area contributed by atoms with E-state index >= 15 is 0 Å². The predicted molar refractivity (Wildman–Crippen MR) is 121 cm³/mol. The molecule has 0 aliphatic heterocycles. The molecule has 2 aromatic carbocycles. The molecular weight excluding hydrogens is 370 g/mol. The zero-order valence-electron chi connectivity index (χ0n) is 18.0. The fourth-order valence-corrected chi connectivity index (χ4v) is 6.17.